The van der Waals surface area contributed by atoms with Crippen molar-refractivity contribution in [1.82, 2.24) is 0 Å². The third-order valence-electron chi connectivity index (χ3n) is 5.32. The van der Waals surface area contributed by atoms with E-state index in [1.165, 1.54) is 22.3 Å². The highest BCUT2D eigenvalue weighted by atomic mass is 16.5. The number of hydrogen-bond donors (Lipinski definition) is 0. The van der Waals surface area contributed by atoms with E-state index in [4.69, 9.17) is 4.74 Å². The van der Waals surface area contributed by atoms with Crippen molar-refractivity contribution in [1.29, 1.82) is 0 Å². The third-order valence-corrected chi connectivity index (χ3v) is 5.32. The van der Waals surface area contributed by atoms with Gasteiger partial charge in [-0.2, -0.15) is 0 Å². The lowest BCUT2D eigenvalue weighted by Crippen LogP contribution is -2.19. The quantitative estimate of drug-likeness (QED) is 0.536. The van der Waals surface area contributed by atoms with Crippen molar-refractivity contribution in [2.45, 2.75) is 72.1 Å². The SMILES string of the molecule is CC(C)C1c2ccc(C(C)(C)C)cc2Oc2cc(C(C)(C)C)ccc21. The Kier molecular flexibility index (Phi) is 4.26. The van der Waals surface area contributed by atoms with Crippen molar-refractivity contribution < 1.29 is 4.74 Å². The molecule has 0 N–H and O–H groups in total. The number of rotatable bonds is 1. The largest absolute Gasteiger partial charge is 0.457 e. The number of ether oxygens (including phenoxy) is 1. The molecular formula is C24H32O. The molecule has 0 amide bonds. The van der Waals surface area contributed by atoms with E-state index in [9.17, 15) is 0 Å². The maximum Gasteiger partial charge on any atom is 0.131 e. The Morgan fingerprint density at radius 2 is 1.12 bits per heavy atom. The van der Waals surface area contributed by atoms with Gasteiger partial charge >= 0.3 is 0 Å². The molecule has 0 unspecified atom stereocenters. The molecule has 0 fully saturated rings. The normalized spacial score (nSPS) is 14.9. The first-order valence-corrected chi connectivity index (χ1v) is 9.45. The number of hydrogen-bond acceptors (Lipinski definition) is 1. The average Bonchev–Trinajstić information content (AvgIpc) is 2.49. The second-order valence-corrected chi connectivity index (χ2v) is 9.83. The van der Waals surface area contributed by atoms with E-state index in [1.807, 2.05) is 0 Å². The lowest BCUT2D eigenvalue weighted by atomic mass is 9.77. The van der Waals surface area contributed by atoms with Gasteiger partial charge in [-0.05, 0) is 40.0 Å². The molecular weight excluding hydrogens is 304 g/mol. The first kappa shape index (κ1) is 18.0. The van der Waals surface area contributed by atoms with Crippen molar-refractivity contribution >= 4 is 0 Å². The smallest absolute Gasteiger partial charge is 0.131 e. The topological polar surface area (TPSA) is 9.23 Å². The zero-order valence-electron chi connectivity index (χ0n) is 17.0. The standard InChI is InChI=1S/C24H32O/c1-15(2)22-18-11-9-16(23(3,4)5)13-20(18)25-21-14-17(24(6,7)8)10-12-19(21)22/h9-15,22H,1-8H3. The minimum Gasteiger partial charge on any atom is -0.457 e. The molecule has 2 aromatic carbocycles. The summed E-state index contributed by atoms with van der Waals surface area (Å²) in [5, 5.41) is 0. The van der Waals surface area contributed by atoms with Gasteiger partial charge in [-0.1, -0.05) is 79.7 Å². The van der Waals surface area contributed by atoms with Crippen LogP contribution in [-0.4, -0.2) is 0 Å². The highest BCUT2D eigenvalue weighted by Gasteiger charge is 2.31. The fourth-order valence-corrected chi connectivity index (χ4v) is 3.70. The summed E-state index contributed by atoms with van der Waals surface area (Å²) in [6, 6.07) is 13.6. The second-order valence-electron chi connectivity index (χ2n) is 9.83. The molecule has 1 nitrogen and oxygen atoms in total. The molecule has 0 aliphatic carbocycles. The van der Waals surface area contributed by atoms with Crippen LogP contribution in [0.1, 0.15) is 83.6 Å². The highest BCUT2D eigenvalue weighted by Crippen LogP contribution is 2.49. The summed E-state index contributed by atoms with van der Waals surface area (Å²) >= 11 is 0. The van der Waals surface area contributed by atoms with Crippen LogP contribution in [0.4, 0.5) is 0 Å². The summed E-state index contributed by atoms with van der Waals surface area (Å²) in [5.41, 5.74) is 5.53. The lowest BCUT2D eigenvalue weighted by molar-refractivity contribution is 0.415. The van der Waals surface area contributed by atoms with Crippen molar-refractivity contribution in [2.24, 2.45) is 5.92 Å². The minimum absolute atomic E-state index is 0.124. The molecule has 1 aliphatic rings. The molecule has 0 bridgehead atoms. The third kappa shape index (κ3) is 3.34. The highest BCUT2D eigenvalue weighted by molar-refractivity contribution is 5.56. The Labute approximate surface area is 153 Å². The van der Waals surface area contributed by atoms with Crippen LogP contribution in [0.2, 0.25) is 0 Å². The van der Waals surface area contributed by atoms with Gasteiger partial charge in [0.2, 0.25) is 0 Å². The maximum atomic E-state index is 6.43. The fraction of sp³-hybridized carbons (Fsp3) is 0.500. The van der Waals surface area contributed by atoms with Gasteiger partial charge in [-0.15, -0.1) is 0 Å². The van der Waals surface area contributed by atoms with Gasteiger partial charge < -0.3 is 4.74 Å². The molecule has 0 atom stereocenters. The van der Waals surface area contributed by atoms with Crippen LogP contribution in [-0.2, 0) is 10.8 Å². The summed E-state index contributed by atoms with van der Waals surface area (Å²) in [5.74, 6) is 2.98. The van der Waals surface area contributed by atoms with Gasteiger partial charge in [0.15, 0.2) is 0 Å². The molecule has 0 saturated carbocycles. The van der Waals surface area contributed by atoms with E-state index >= 15 is 0 Å². The minimum atomic E-state index is 0.124. The zero-order valence-corrected chi connectivity index (χ0v) is 17.0. The number of fused-ring (bicyclic) bond motifs is 2. The molecule has 2 aromatic rings. The average molecular weight is 337 g/mol. The van der Waals surface area contributed by atoms with Crippen molar-refractivity contribution in [3.63, 3.8) is 0 Å². The van der Waals surface area contributed by atoms with Gasteiger partial charge in [0.1, 0.15) is 11.5 Å². The van der Waals surface area contributed by atoms with E-state index in [-0.39, 0.29) is 10.8 Å². The predicted molar refractivity (Wildman–Crippen MR) is 107 cm³/mol. The Morgan fingerprint density at radius 1 is 0.720 bits per heavy atom. The summed E-state index contributed by atoms with van der Waals surface area (Å²) in [6.07, 6.45) is 0. The van der Waals surface area contributed by atoms with Crippen LogP contribution in [0.15, 0.2) is 36.4 Å². The Hall–Kier alpha value is -1.76. The second kappa shape index (κ2) is 5.90. The van der Waals surface area contributed by atoms with Crippen LogP contribution in [0.5, 0.6) is 11.5 Å². The molecule has 3 rings (SSSR count). The van der Waals surface area contributed by atoms with E-state index in [1.54, 1.807) is 0 Å². The summed E-state index contributed by atoms with van der Waals surface area (Å²) in [7, 11) is 0. The van der Waals surface area contributed by atoms with Crippen LogP contribution in [0, 0.1) is 5.92 Å². The fourth-order valence-electron chi connectivity index (χ4n) is 3.70. The molecule has 1 heteroatoms. The van der Waals surface area contributed by atoms with Crippen molar-refractivity contribution in [3.8, 4) is 11.5 Å². The van der Waals surface area contributed by atoms with E-state index in [0.717, 1.165) is 11.5 Å². The molecule has 0 spiro atoms. The van der Waals surface area contributed by atoms with E-state index in [2.05, 4.69) is 91.8 Å². The first-order valence-electron chi connectivity index (χ1n) is 9.45. The van der Waals surface area contributed by atoms with Gasteiger partial charge in [-0.25, -0.2) is 0 Å². The molecule has 0 aromatic heterocycles. The van der Waals surface area contributed by atoms with Crippen LogP contribution in [0.3, 0.4) is 0 Å². The molecule has 134 valence electrons. The van der Waals surface area contributed by atoms with Crippen molar-refractivity contribution in [3.05, 3.63) is 58.7 Å². The van der Waals surface area contributed by atoms with Crippen molar-refractivity contribution in [2.75, 3.05) is 0 Å². The molecule has 1 heterocycles. The van der Waals surface area contributed by atoms with Crippen LogP contribution in [0.25, 0.3) is 0 Å². The zero-order chi connectivity index (χ0) is 18.6. The molecule has 0 radical (unpaired) electrons. The molecule has 1 aliphatic heterocycles. The summed E-state index contributed by atoms with van der Waals surface area (Å²) in [6.45, 7) is 18.1. The lowest BCUT2D eigenvalue weighted by Gasteiger charge is -2.33. The van der Waals surface area contributed by atoms with E-state index < -0.39 is 0 Å². The summed E-state index contributed by atoms with van der Waals surface area (Å²) < 4.78 is 6.43. The van der Waals surface area contributed by atoms with Gasteiger partial charge in [-0.3, -0.25) is 0 Å². The molecule has 0 saturated heterocycles. The Balaban J connectivity index is 2.15. The Morgan fingerprint density at radius 3 is 1.44 bits per heavy atom. The first-order chi connectivity index (χ1) is 11.5. The maximum absolute atomic E-state index is 6.43. The molecule has 25 heavy (non-hydrogen) atoms. The van der Waals surface area contributed by atoms with Crippen LogP contribution >= 0.6 is 0 Å². The van der Waals surface area contributed by atoms with Gasteiger partial charge in [0.05, 0.1) is 0 Å². The Bertz CT molecular complexity index is 721. The number of benzene rings is 2. The van der Waals surface area contributed by atoms with E-state index in [0.29, 0.717) is 11.8 Å². The summed E-state index contributed by atoms with van der Waals surface area (Å²) in [4.78, 5) is 0. The predicted octanol–water partition coefficient (Wildman–Crippen LogP) is 7.18. The monoisotopic (exact) mass is 336 g/mol. The van der Waals surface area contributed by atoms with Crippen LogP contribution < -0.4 is 4.74 Å². The van der Waals surface area contributed by atoms with Gasteiger partial charge in [0, 0.05) is 17.0 Å². The van der Waals surface area contributed by atoms with Gasteiger partial charge in [0.25, 0.3) is 0 Å².